The minimum atomic E-state index is -0.263. The average Bonchev–Trinajstić information content (AvgIpc) is 2.50. The van der Waals surface area contributed by atoms with Crippen LogP contribution < -0.4 is 0 Å². The van der Waals surface area contributed by atoms with Crippen LogP contribution in [-0.2, 0) is 9.53 Å². The number of unbranched alkanes of at least 4 members (excludes halogenated alkanes) is 7. The van der Waals surface area contributed by atoms with Crippen molar-refractivity contribution in [3.63, 3.8) is 0 Å². The molecule has 0 aliphatic carbocycles. The molecule has 120 valence electrons. The summed E-state index contributed by atoms with van der Waals surface area (Å²) < 4.78 is 4.53. The predicted molar refractivity (Wildman–Crippen MR) is 91.3 cm³/mol. The number of allylic oxidation sites excluding steroid dienone is 5. The third kappa shape index (κ3) is 16.6. The largest absolute Gasteiger partial charge is 0.466 e. The van der Waals surface area contributed by atoms with E-state index < -0.39 is 0 Å². The lowest BCUT2D eigenvalue weighted by molar-refractivity contribution is -0.134. The van der Waals surface area contributed by atoms with Gasteiger partial charge in [-0.2, -0.15) is 0 Å². The van der Waals surface area contributed by atoms with Crippen molar-refractivity contribution in [2.75, 3.05) is 7.11 Å². The van der Waals surface area contributed by atoms with E-state index in [1.165, 1.54) is 51.7 Å². The molecule has 0 N–H and O–H groups in total. The Morgan fingerprint density at radius 2 is 1.38 bits per heavy atom. The van der Waals surface area contributed by atoms with Gasteiger partial charge in [0.25, 0.3) is 0 Å². The molecule has 0 rings (SSSR count). The first-order valence-electron chi connectivity index (χ1n) is 8.35. The summed E-state index contributed by atoms with van der Waals surface area (Å²) in [6, 6.07) is 0. The molecule has 0 aliphatic rings. The second kappa shape index (κ2) is 16.7. The highest BCUT2D eigenvalue weighted by Gasteiger charge is 1.90. The van der Waals surface area contributed by atoms with Gasteiger partial charge >= 0.3 is 5.97 Å². The monoisotopic (exact) mass is 292 g/mol. The molecule has 0 spiro atoms. The van der Waals surface area contributed by atoms with Crippen LogP contribution >= 0.6 is 0 Å². The molecule has 0 aromatic heterocycles. The first kappa shape index (κ1) is 19.7. The number of hydrogen-bond donors (Lipinski definition) is 0. The lowest BCUT2D eigenvalue weighted by atomic mass is 10.1. The van der Waals surface area contributed by atoms with E-state index in [0.717, 1.165) is 25.7 Å². The summed E-state index contributed by atoms with van der Waals surface area (Å²) in [5.41, 5.74) is 0. The Balaban J connectivity index is 3.29. The Hall–Kier alpha value is -1.31. The van der Waals surface area contributed by atoms with E-state index in [2.05, 4.69) is 36.0 Å². The topological polar surface area (TPSA) is 26.3 Å². The van der Waals surface area contributed by atoms with Crippen LogP contribution in [0.5, 0.6) is 0 Å². The zero-order valence-corrected chi connectivity index (χ0v) is 13.9. The van der Waals surface area contributed by atoms with Gasteiger partial charge in [-0.1, -0.05) is 56.6 Å². The second-order valence-electron chi connectivity index (χ2n) is 5.24. The molecule has 0 bridgehead atoms. The molecule has 0 unspecified atom stereocenters. The van der Waals surface area contributed by atoms with Gasteiger partial charge in [0, 0.05) is 6.08 Å². The summed E-state index contributed by atoms with van der Waals surface area (Å²) in [5, 5.41) is 0. The molecule has 0 aromatic rings. The van der Waals surface area contributed by atoms with Gasteiger partial charge in [-0.25, -0.2) is 4.79 Å². The van der Waals surface area contributed by atoms with E-state index in [1.807, 2.05) is 6.08 Å². The molecule has 2 nitrogen and oxygen atoms in total. The Morgan fingerprint density at radius 1 is 0.810 bits per heavy atom. The minimum absolute atomic E-state index is 0.263. The lowest BCUT2D eigenvalue weighted by Gasteiger charge is -1.95. The molecule has 0 atom stereocenters. The van der Waals surface area contributed by atoms with Gasteiger partial charge in [-0.15, -0.1) is 0 Å². The molecule has 0 saturated heterocycles. The van der Waals surface area contributed by atoms with E-state index in [-0.39, 0.29) is 5.97 Å². The van der Waals surface area contributed by atoms with Crippen molar-refractivity contribution < 1.29 is 9.53 Å². The standard InChI is InChI=1S/C19H32O2/c1-3-4-5-6-7-8-9-10-11-12-13-14-15-16-17-18-19(20)21-2/h7-8,10-11,17-18H,3-6,9,12-16H2,1-2H3/b8-7+,11-10+,18-17+. The van der Waals surface area contributed by atoms with Gasteiger partial charge in [0.05, 0.1) is 7.11 Å². The van der Waals surface area contributed by atoms with Gasteiger partial charge in [-0.05, 0) is 44.9 Å². The van der Waals surface area contributed by atoms with Crippen molar-refractivity contribution in [3.8, 4) is 0 Å². The Bertz CT molecular complexity index is 314. The number of carbonyl (C=O) groups excluding carboxylic acids is 1. The highest BCUT2D eigenvalue weighted by molar-refractivity contribution is 5.81. The first-order valence-corrected chi connectivity index (χ1v) is 8.35. The highest BCUT2D eigenvalue weighted by atomic mass is 16.5. The molecular weight excluding hydrogens is 260 g/mol. The van der Waals surface area contributed by atoms with Gasteiger partial charge in [0.2, 0.25) is 0 Å². The zero-order valence-electron chi connectivity index (χ0n) is 13.9. The molecule has 2 heteroatoms. The summed E-state index contributed by atoms with van der Waals surface area (Å²) in [6.07, 6.45) is 24.4. The Morgan fingerprint density at radius 3 is 1.95 bits per heavy atom. The molecule has 0 amide bonds. The molecule has 0 radical (unpaired) electrons. The van der Waals surface area contributed by atoms with E-state index in [0.29, 0.717) is 0 Å². The molecule has 0 fully saturated rings. The van der Waals surface area contributed by atoms with Gasteiger partial charge in [0.1, 0.15) is 0 Å². The quantitative estimate of drug-likeness (QED) is 0.187. The second-order valence-corrected chi connectivity index (χ2v) is 5.24. The van der Waals surface area contributed by atoms with Crippen molar-refractivity contribution in [2.45, 2.75) is 71.1 Å². The predicted octanol–water partition coefficient (Wildman–Crippen LogP) is 5.75. The molecule has 0 heterocycles. The molecule has 21 heavy (non-hydrogen) atoms. The van der Waals surface area contributed by atoms with Crippen LogP contribution in [0.2, 0.25) is 0 Å². The van der Waals surface area contributed by atoms with Crippen LogP contribution in [0.15, 0.2) is 36.5 Å². The van der Waals surface area contributed by atoms with Gasteiger partial charge in [0.15, 0.2) is 0 Å². The van der Waals surface area contributed by atoms with Crippen LogP contribution in [0.1, 0.15) is 71.1 Å². The summed E-state index contributed by atoms with van der Waals surface area (Å²) >= 11 is 0. The molecule has 0 aromatic carbocycles. The average molecular weight is 292 g/mol. The maximum absolute atomic E-state index is 10.8. The van der Waals surface area contributed by atoms with E-state index in [4.69, 9.17) is 0 Å². The number of ether oxygens (including phenoxy) is 1. The fourth-order valence-corrected chi connectivity index (χ4v) is 1.97. The molecule has 0 saturated carbocycles. The van der Waals surface area contributed by atoms with Crippen LogP contribution in [0.4, 0.5) is 0 Å². The van der Waals surface area contributed by atoms with E-state index >= 15 is 0 Å². The summed E-state index contributed by atoms with van der Waals surface area (Å²) in [5.74, 6) is -0.263. The fourth-order valence-electron chi connectivity index (χ4n) is 1.97. The molecular formula is C19H32O2. The third-order valence-corrected chi connectivity index (χ3v) is 3.28. The van der Waals surface area contributed by atoms with E-state index in [1.54, 1.807) is 0 Å². The SMILES string of the molecule is CCCCC/C=C/C/C=C/CCCCC/C=C/C(=O)OC. The van der Waals surface area contributed by atoms with Crippen LogP contribution in [-0.4, -0.2) is 13.1 Å². The normalized spacial score (nSPS) is 11.9. The van der Waals surface area contributed by atoms with E-state index in [9.17, 15) is 4.79 Å². The van der Waals surface area contributed by atoms with Crippen molar-refractivity contribution in [1.82, 2.24) is 0 Å². The first-order chi connectivity index (χ1) is 10.3. The van der Waals surface area contributed by atoms with Crippen molar-refractivity contribution in [2.24, 2.45) is 0 Å². The molecule has 0 aliphatic heterocycles. The summed E-state index contributed by atoms with van der Waals surface area (Å²) in [6.45, 7) is 2.24. The Labute approximate surface area is 131 Å². The number of esters is 1. The third-order valence-electron chi connectivity index (χ3n) is 3.28. The zero-order chi connectivity index (χ0) is 15.6. The maximum Gasteiger partial charge on any atom is 0.330 e. The lowest BCUT2D eigenvalue weighted by Crippen LogP contribution is -1.93. The van der Waals surface area contributed by atoms with Crippen LogP contribution in [0.25, 0.3) is 0 Å². The van der Waals surface area contributed by atoms with Gasteiger partial charge in [-0.3, -0.25) is 0 Å². The summed E-state index contributed by atoms with van der Waals surface area (Å²) in [4.78, 5) is 10.8. The highest BCUT2D eigenvalue weighted by Crippen LogP contribution is 2.05. The smallest absolute Gasteiger partial charge is 0.330 e. The fraction of sp³-hybridized carbons (Fsp3) is 0.632. The minimum Gasteiger partial charge on any atom is -0.466 e. The number of rotatable bonds is 13. The van der Waals surface area contributed by atoms with Crippen molar-refractivity contribution in [3.05, 3.63) is 36.5 Å². The van der Waals surface area contributed by atoms with Crippen LogP contribution in [0.3, 0.4) is 0 Å². The number of hydrogen-bond acceptors (Lipinski definition) is 2. The number of methoxy groups -OCH3 is 1. The van der Waals surface area contributed by atoms with Crippen molar-refractivity contribution >= 4 is 5.97 Å². The van der Waals surface area contributed by atoms with Gasteiger partial charge < -0.3 is 4.74 Å². The summed E-state index contributed by atoms with van der Waals surface area (Å²) in [7, 11) is 1.40. The maximum atomic E-state index is 10.8. The number of carbonyl (C=O) groups is 1. The Kier molecular flexibility index (Phi) is 15.7. The van der Waals surface area contributed by atoms with Crippen LogP contribution in [0, 0.1) is 0 Å². The van der Waals surface area contributed by atoms with Crippen molar-refractivity contribution in [1.29, 1.82) is 0 Å².